The fourth-order valence-electron chi connectivity index (χ4n) is 1.75. The van der Waals surface area contributed by atoms with E-state index in [1.807, 2.05) is 0 Å². The Hall–Kier alpha value is -0.730. The number of carbonyl (C=O) groups is 1. The average molecular weight is 219 g/mol. The van der Waals surface area contributed by atoms with Crippen LogP contribution in [0.3, 0.4) is 0 Å². The summed E-state index contributed by atoms with van der Waals surface area (Å²) in [5, 5.41) is 9.04. The van der Waals surface area contributed by atoms with E-state index in [1.54, 1.807) is 0 Å². The summed E-state index contributed by atoms with van der Waals surface area (Å²) in [5.74, 6) is -0.605. The van der Waals surface area contributed by atoms with Gasteiger partial charge in [0.2, 0.25) is 5.91 Å². The molecule has 7 heteroatoms. The van der Waals surface area contributed by atoms with E-state index in [9.17, 15) is 4.79 Å². The monoisotopic (exact) mass is 219 g/mol. The highest BCUT2D eigenvalue weighted by atomic mass is 16.8. The molecule has 2 aliphatic heterocycles. The van der Waals surface area contributed by atoms with E-state index in [2.05, 4.69) is 0 Å². The van der Waals surface area contributed by atoms with E-state index >= 15 is 0 Å². The van der Waals surface area contributed by atoms with Crippen molar-refractivity contribution in [2.45, 2.75) is 24.4 Å². The quantitative estimate of drug-likeness (QED) is 0.554. The molecule has 1 amide bonds. The molecular weight excluding hydrogens is 206 g/mol. The first-order chi connectivity index (χ1) is 7.24. The van der Waals surface area contributed by atoms with E-state index in [1.165, 1.54) is 0 Å². The maximum Gasteiger partial charge on any atom is 0.249 e. The molecule has 0 aromatic rings. The summed E-state index contributed by atoms with van der Waals surface area (Å²) in [5.41, 5.74) is 5.16. The molecule has 0 saturated carbocycles. The number of nitrogens with two attached hydrogens (primary N) is 1. The van der Waals surface area contributed by atoms with Gasteiger partial charge < -0.3 is 29.8 Å². The van der Waals surface area contributed by atoms with Gasteiger partial charge in [-0.25, -0.2) is 0 Å². The first kappa shape index (κ1) is 10.8. The molecule has 15 heavy (non-hydrogen) atoms. The second-order valence-electron chi connectivity index (χ2n) is 3.38. The molecule has 4 atom stereocenters. The van der Waals surface area contributed by atoms with Crippen molar-refractivity contribution in [3.63, 3.8) is 0 Å². The Balaban J connectivity index is 2.11. The molecule has 86 valence electrons. The van der Waals surface area contributed by atoms with Crippen LogP contribution in [0.25, 0.3) is 0 Å². The molecule has 2 rings (SSSR count). The predicted molar refractivity (Wildman–Crippen MR) is 45.5 cm³/mol. The number of fused-ring (bicyclic) bond motifs is 1. The SMILES string of the molecule is NC(=O)[C@@H]1OCO[C@H]2[C@H]1OCO[C@@H]2CO. The highest BCUT2D eigenvalue weighted by molar-refractivity contribution is 5.79. The summed E-state index contributed by atoms with van der Waals surface area (Å²) in [6.45, 7) is -0.267. The number of primary amides is 1. The van der Waals surface area contributed by atoms with E-state index in [-0.39, 0.29) is 20.2 Å². The Morgan fingerprint density at radius 1 is 1.20 bits per heavy atom. The second-order valence-corrected chi connectivity index (χ2v) is 3.38. The molecule has 0 spiro atoms. The third-order valence-electron chi connectivity index (χ3n) is 2.50. The molecule has 0 aromatic heterocycles. The van der Waals surface area contributed by atoms with E-state index in [0.717, 1.165) is 0 Å². The first-order valence-corrected chi connectivity index (χ1v) is 4.60. The van der Waals surface area contributed by atoms with Crippen LogP contribution in [0.4, 0.5) is 0 Å². The van der Waals surface area contributed by atoms with Crippen molar-refractivity contribution >= 4 is 5.91 Å². The standard InChI is InChI=1S/C8H13NO6/c9-8(11)7-6-5(13-3-15-7)4(1-10)12-2-14-6/h4-7,10H,1-3H2,(H2,9,11)/t4-,5-,6-,7-/m1/s1. The number of amides is 1. The molecular formula is C8H13NO6. The van der Waals surface area contributed by atoms with Crippen LogP contribution in [0.15, 0.2) is 0 Å². The number of hydrogen-bond donors (Lipinski definition) is 2. The van der Waals surface area contributed by atoms with Crippen molar-refractivity contribution in [3.05, 3.63) is 0 Å². The van der Waals surface area contributed by atoms with Crippen molar-refractivity contribution < 1.29 is 28.8 Å². The molecule has 2 heterocycles. The maximum absolute atomic E-state index is 11.1. The van der Waals surface area contributed by atoms with Gasteiger partial charge in [-0.15, -0.1) is 0 Å². The van der Waals surface area contributed by atoms with E-state index in [0.29, 0.717) is 0 Å². The maximum atomic E-state index is 11.1. The zero-order chi connectivity index (χ0) is 10.8. The summed E-state index contributed by atoms with van der Waals surface area (Å²) in [4.78, 5) is 11.1. The lowest BCUT2D eigenvalue weighted by Gasteiger charge is -2.42. The molecule has 0 aliphatic carbocycles. The second kappa shape index (κ2) is 4.42. The minimum Gasteiger partial charge on any atom is -0.394 e. The van der Waals surface area contributed by atoms with Crippen LogP contribution < -0.4 is 5.73 Å². The highest BCUT2D eigenvalue weighted by Gasteiger charge is 2.46. The topological polar surface area (TPSA) is 100 Å². The van der Waals surface area contributed by atoms with Gasteiger partial charge in [-0.2, -0.15) is 0 Å². The first-order valence-electron chi connectivity index (χ1n) is 4.60. The highest BCUT2D eigenvalue weighted by Crippen LogP contribution is 2.25. The molecule has 0 bridgehead atoms. The zero-order valence-corrected chi connectivity index (χ0v) is 8.00. The van der Waals surface area contributed by atoms with Crippen molar-refractivity contribution in [2.75, 3.05) is 20.2 Å². The molecule has 7 nitrogen and oxygen atoms in total. The minimum absolute atomic E-state index is 0.0110. The smallest absolute Gasteiger partial charge is 0.249 e. The molecule has 2 saturated heterocycles. The average Bonchev–Trinajstić information content (AvgIpc) is 2.27. The fraction of sp³-hybridized carbons (Fsp3) is 0.875. The number of ether oxygens (including phenoxy) is 4. The molecule has 2 fully saturated rings. The van der Waals surface area contributed by atoms with Gasteiger partial charge in [0.15, 0.2) is 6.10 Å². The fourth-order valence-corrected chi connectivity index (χ4v) is 1.75. The van der Waals surface area contributed by atoms with Gasteiger partial charge in [0.1, 0.15) is 31.9 Å². The van der Waals surface area contributed by atoms with E-state index in [4.69, 9.17) is 29.8 Å². The van der Waals surface area contributed by atoms with Crippen LogP contribution in [0.2, 0.25) is 0 Å². The van der Waals surface area contributed by atoms with Crippen LogP contribution in [0.5, 0.6) is 0 Å². The summed E-state index contributed by atoms with van der Waals surface area (Å²) in [7, 11) is 0. The van der Waals surface area contributed by atoms with Gasteiger partial charge in [0, 0.05) is 0 Å². The molecule has 0 unspecified atom stereocenters. The molecule has 0 radical (unpaired) electrons. The van der Waals surface area contributed by atoms with Crippen LogP contribution in [0, 0.1) is 0 Å². The molecule has 0 aromatic carbocycles. The van der Waals surface area contributed by atoms with Gasteiger partial charge in [-0.3, -0.25) is 4.79 Å². The molecule has 3 N–H and O–H groups in total. The summed E-state index contributed by atoms with van der Waals surface area (Å²) in [6, 6.07) is 0. The Labute approximate surface area is 86.0 Å². The van der Waals surface area contributed by atoms with Gasteiger partial charge in [-0.05, 0) is 0 Å². The summed E-state index contributed by atoms with van der Waals surface area (Å²) < 4.78 is 20.6. The summed E-state index contributed by atoms with van der Waals surface area (Å²) >= 11 is 0. The lowest BCUT2D eigenvalue weighted by molar-refractivity contribution is -0.319. The van der Waals surface area contributed by atoms with Crippen molar-refractivity contribution in [1.29, 1.82) is 0 Å². The Morgan fingerprint density at radius 3 is 2.53 bits per heavy atom. The number of aliphatic hydroxyl groups is 1. The van der Waals surface area contributed by atoms with Crippen molar-refractivity contribution in [1.82, 2.24) is 0 Å². The largest absolute Gasteiger partial charge is 0.394 e. The van der Waals surface area contributed by atoms with Gasteiger partial charge in [-0.1, -0.05) is 0 Å². The predicted octanol–water partition coefficient (Wildman–Crippen LogP) is -2.05. The van der Waals surface area contributed by atoms with Crippen LogP contribution in [-0.2, 0) is 23.7 Å². The van der Waals surface area contributed by atoms with Gasteiger partial charge >= 0.3 is 0 Å². The Bertz CT molecular complexity index is 247. The van der Waals surface area contributed by atoms with Gasteiger partial charge in [0.25, 0.3) is 0 Å². The van der Waals surface area contributed by atoms with Crippen LogP contribution >= 0.6 is 0 Å². The minimum atomic E-state index is -0.846. The van der Waals surface area contributed by atoms with E-state index < -0.39 is 30.3 Å². The Kier molecular flexibility index (Phi) is 3.17. The molecule has 2 aliphatic rings. The lowest BCUT2D eigenvalue weighted by atomic mass is 10.0. The van der Waals surface area contributed by atoms with Crippen molar-refractivity contribution in [3.8, 4) is 0 Å². The number of hydrogen-bond acceptors (Lipinski definition) is 6. The number of aliphatic hydroxyl groups excluding tert-OH is 1. The third-order valence-corrected chi connectivity index (χ3v) is 2.50. The third kappa shape index (κ3) is 1.97. The summed E-state index contributed by atoms with van der Waals surface area (Å²) in [6.07, 6.45) is -2.48. The Morgan fingerprint density at radius 2 is 1.87 bits per heavy atom. The normalized spacial score (nSPS) is 40.9. The number of carbonyl (C=O) groups excluding carboxylic acids is 1. The van der Waals surface area contributed by atoms with Crippen molar-refractivity contribution in [2.24, 2.45) is 5.73 Å². The lowest BCUT2D eigenvalue weighted by Crippen LogP contribution is -2.61. The van der Waals surface area contributed by atoms with Gasteiger partial charge in [0.05, 0.1) is 6.61 Å². The van der Waals surface area contributed by atoms with Crippen LogP contribution in [0.1, 0.15) is 0 Å². The number of rotatable bonds is 2. The zero-order valence-electron chi connectivity index (χ0n) is 8.00. The van der Waals surface area contributed by atoms with Crippen LogP contribution in [-0.4, -0.2) is 55.6 Å².